The van der Waals surface area contributed by atoms with Gasteiger partial charge < -0.3 is 19.9 Å². The molecule has 4 aromatic heterocycles. The van der Waals surface area contributed by atoms with Crippen LogP contribution in [0.5, 0.6) is 0 Å². The van der Waals surface area contributed by atoms with Gasteiger partial charge >= 0.3 is 0 Å². The Balaban J connectivity index is 1.39. The van der Waals surface area contributed by atoms with Gasteiger partial charge in [0.15, 0.2) is 0 Å². The SMILES string of the molecule is CC=CC(=CCC)c1cc2[nH]c1C=Cc1[nH]c(cc1-c1ccccc1)-c1cc(-c3ccccc3)c([nH]1)C=Cc1[nH]c-2cc1-c1ccccc1. The van der Waals surface area contributed by atoms with E-state index in [2.05, 4.69) is 192 Å². The maximum Gasteiger partial charge on any atom is 0.0630 e. The molecule has 0 unspecified atom stereocenters. The Kier molecular flexibility index (Phi) is 8.04. The monoisotopic (exact) mass is 634 g/mol. The van der Waals surface area contributed by atoms with E-state index in [1.807, 2.05) is 0 Å². The molecule has 1 aliphatic heterocycles. The minimum atomic E-state index is 0.944. The highest BCUT2D eigenvalue weighted by Gasteiger charge is 2.18. The maximum atomic E-state index is 3.79. The van der Waals surface area contributed by atoms with Crippen molar-refractivity contribution < 1.29 is 0 Å². The summed E-state index contributed by atoms with van der Waals surface area (Å²) < 4.78 is 0. The van der Waals surface area contributed by atoms with Gasteiger partial charge in [-0.1, -0.05) is 116 Å². The number of hydrogen-bond acceptors (Lipinski definition) is 0. The van der Waals surface area contributed by atoms with E-state index >= 15 is 0 Å². The quantitative estimate of drug-likeness (QED) is 0.132. The summed E-state index contributed by atoms with van der Waals surface area (Å²) in [5.41, 5.74) is 17.6. The summed E-state index contributed by atoms with van der Waals surface area (Å²) in [6, 6.07) is 40.8. The Bertz CT molecular complexity index is 2350. The van der Waals surface area contributed by atoms with Crippen LogP contribution in [0.1, 0.15) is 48.6 Å². The average molecular weight is 635 g/mol. The molecule has 0 fully saturated rings. The van der Waals surface area contributed by atoms with Gasteiger partial charge in [0.05, 0.1) is 22.8 Å². The maximum absolute atomic E-state index is 3.79. The predicted molar refractivity (Wildman–Crippen MR) is 208 cm³/mol. The number of benzene rings is 3. The topological polar surface area (TPSA) is 63.2 Å². The summed E-state index contributed by atoms with van der Waals surface area (Å²) in [5, 5.41) is 0. The molecule has 0 radical (unpaired) electrons. The molecule has 4 heteroatoms. The number of allylic oxidation sites excluding steroid dienone is 4. The molecule has 4 nitrogen and oxygen atoms in total. The summed E-state index contributed by atoms with van der Waals surface area (Å²) in [4.78, 5) is 15.1. The molecule has 0 atom stereocenters. The molecule has 238 valence electrons. The third kappa shape index (κ3) is 5.90. The number of hydrogen-bond donors (Lipinski definition) is 4. The van der Waals surface area contributed by atoms with Gasteiger partial charge in [0.1, 0.15) is 0 Å². The lowest BCUT2D eigenvalue weighted by Gasteiger charge is -2.03. The highest BCUT2D eigenvalue weighted by molar-refractivity contribution is 5.91. The summed E-state index contributed by atoms with van der Waals surface area (Å²) in [5.74, 6) is 0. The van der Waals surface area contributed by atoms with Gasteiger partial charge in [-0.3, -0.25) is 0 Å². The van der Waals surface area contributed by atoms with E-state index < -0.39 is 0 Å². The minimum absolute atomic E-state index is 0.944. The minimum Gasteiger partial charge on any atom is -0.353 e. The van der Waals surface area contributed by atoms with Crippen molar-refractivity contribution in [1.82, 2.24) is 19.9 Å². The van der Waals surface area contributed by atoms with E-state index in [1.165, 1.54) is 5.57 Å². The average Bonchev–Trinajstić information content (AvgIpc) is 3.95. The lowest BCUT2D eigenvalue weighted by Crippen LogP contribution is -1.85. The number of aromatic amines is 4. The third-order valence-corrected chi connectivity index (χ3v) is 9.14. The number of rotatable bonds is 6. The lowest BCUT2D eigenvalue weighted by atomic mass is 10.0. The van der Waals surface area contributed by atoms with Crippen molar-refractivity contribution in [2.45, 2.75) is 20.3 Å². The van der Waals surface area contributed by atoms with Crippen LogP contribution in [0.2, 0.25) is 0 Å². The molecule has 3 aromatic carbocycles. The number of fused-ring (bicyclic) bond motifs is 10. The normalized spacial score (nSPS) is 12.7. The molecule has 7 aromatic rings. The zero-order chi connectivity index (χ0) is 33.2. The van der Waals surface area contributed by atoms with Crippen LogP contribution in [0.4, 0.5) is 0 Å². The van der Waals surface area contributed by atoms with E-state index in [1.54, 1.807) is 0 Å². The largest absolute Gasteiger partial charge is 0.353 e. The van der Waals surface area contributed by atoms with Crippen LogP contribution < -0.4 is 0 Å². The molecule has 4 N–H and O–H groups in total. The fourth-order valence-electron chi connectivity index (χ4n) is 6.80. The lowest BCUT2D eigenvalue weighted by molar-refractivity contribution is 1.23. The molecule has 0 saturated heterocycles. The molecular formula is C45H38N4. The molecular weight excluding hydrogens is 597 g/mol. The van der Waals surface area contributed by atoms with Crippen molar-refractivity contribution >= 4 is 29.9 Å². The zero-order valence-corrected chi connectivity index (χ0v) is 27.7. The van der Waals surface area contributed by atoms with Gasteiger partial charge in [-0.25, -0.2) is 0 Å². The molecule has 5 heterocycles. The Morgan fingerprint density at radius 1 is 0.490 bits per heavy atom. The third-order valence-electron chi connectivity index (χ3n) is 9.14. The van der Waals surface area contributed by atoms with Gasteiger partial charge in [0.25, 0.3) is 0 Å². The summed E-state index contributed by atoms with van der Waals surface area (Å²) >= 11 is 0. The van der Waals surface area contributed by atoms with Crippen LogP contribution in [0, 0.1) is 0 Å². The van der Waals surface area contributed by atoms with E-state index in [9.17, 15) is 0 Å². The van der Waals surface area contributed by atoms with Crippen LogP contribution >= 0.6 is 0 Å². The van der Waals surface area contributed by atoms with Crippen LogP contribution in [-0.2, 0) is 0 Å². The highest BCUT2D eigenvalue weighted by atomic mass is 14.8. The molecule has 0 amide bonds. The molecule has 0 saturated carbocycles. The predicted octanol–water partition coefficient (Wildman–Crippen LogP) is 12.4. The van der Waals surface area contributed by atoms with Gasteiger partial charge in [-0.15, -0.1) is 0 Å². The van der Waals surface area contributed by atoms with Crippen LogP contribution in [-0.4, -0.2) is 19.9 Å². The van der Waals surface area contributed by atoms with E-state index in [-0.39, 0.29) is 0 Å². The van der Waals surface area contributed by atoms with Crippen molar-refractivity contribution in [2.75, 3.05) is 0 Å². The van der Waals surface area contributed by atoms with Crippen molar-refractivity contribution in [2.24, 2.45) is 0 Å². The van der Waals surface area contributed by atoms with E-state index in [4.69, 9.17) is 0 Å². The first-order valence-corrected chi connectivity index (χ1v) is 17.0. The van der Waals surface area contributed by atoms with Gasteiger partial charge in [-0.05, 0) is 84.2 Å². The Labute approximate surface area is 287 Å². The first-order chi connectivity index (χ1) is 24.2. The summed E-state index contributed by atoms with van der Waals surface area (Å²) in [6.07, 6.45) is 16.3. The smallest absolute Gasteiger partial charge is 0.0630 e. The summed E-state index contributed by atoms with van der Waals surface area (Å²) in [6.45, 7) is 4.26. The molecule has 49 heavy (non-hydrogen) atoms. The Hall–Kier alpha value is -6.26. The van der Waals surface area contributed by atoms with Gasteiger partial charge in [-0.2, -0.15) is 0 Å². The molecule has 0 spiro atoms. The van der Waals surface area contributed by atoms with Crippen molar-refractivity contribution in [3.8, 4) is 56.2 Å². The summed E-state index contributed by atoms with van der Waals surface area (Å²) in [7, 11) is 0. The Morgan fingerprint density at radius 3 is 1.24 bits per heavy atom. The number of nitrogens with one attached hydrogen (secondary N) is 4. The molecule has 1 aliphatic rings. The first-order valence-electron chi connectivity index (χ1n) is 17.0. The van der Waals surface area contributed by atoms with E-state index in [0.717, 1.165) is 90.9 Å². The van der Waals surface area contributed by atoms with Crippen LogP contribution in [0.25, 0.3) is 86.0 Å². The van der Waals surface area contributed by atoms with Crippen LogP contribution in [0.15, 0.2) is 133 Å². The van der Waals surface area contributed by atoms with Crippen molar-refractivity contribution in [3.05, 3.63) is 162 Å². The molecule has 8 rings (SSSR count). The second kappa shape index (κ2) is 13.1. The van der Waals surface area contributed by atoms with Crippen LogP contribution in [0.3, 0.4) is 0 Å². The fourth-order valence-corrected chi connectivity index (χ4v) is 6.80. The first kappa shape index (κ1) is 30.1. The standard InChI is InChI=1S/C45H38N4/c1-3-14-30(15-4-2)34-26-42-43-27-35(31-16-8-5-9-17-31)40(47-43)24-25-41-37(33-20-12-7-13-21-33)29-45(49-41)44-28-36(32-18-10-6-11-19-32)39(48-44)23-22-38(34)46-42/h3,5-29,46-49H,4H2,1-2H3. The number of H-pyrrole nitrogens is 4. The second-order valence-electron chi connectivity index (χ2n) is 12.4. The van der Waals surface area contributed by atoms with Gasteiger partial charge in [0.2, 0.25) is 0 Å². The highest BCUT2D eigenvalue weighted by Crippen LogP contribution is 2.38. The molecule has 8 bridgehead atoms. The van der Waals surface area contributed by atoms with Gasteiger partial charge in [0, 0.05) is 45.0 Å². The Morgan fingerprint density at radius 2 is 0.857 bits per heavy atom. The van der Waals surface area contributed by atoms with Crippen molar-refractivity contribution in [3.63, 3.8) is 0 Å². The fraction of sp³-hybridized carbons (Fsp3) is 0.0667. The second-order valence-corrected chi connectivity index (χ2v) is 12.4. The van der Waals surface area contributed by atoms with Crippen molar-refractivity contribution in [1.29, 1.82) is 0 Å². The van der Waals surface area contributed by atoms with E-state index in [0.29, 0.717) is 0 Å². The molecule has 0 aliphatic carbocycles. The number of aromatic nitrogens is 4. The zero-order valence-electron chi connectivity index (χ0n) is 27.7.